The molecule has 21 heavy (non-hydrogen) atoms. The molecule has 0 saturated heterocycles. The molecule has 0 aliphatic rings. The summed E-state index contributed by atoms with van der Waals surface area (Å²) in [6.07, 6.45) is 3.05. The van der Waals surface area contributed by atoms with Crippen molar-refractivity contribution < 1.29 is 4.79 Å². The monoisotopic (exact) mass is 402 g/mol. The quantitative estimate of drug-likeness (QED) is 0.688. The van der Waals surface area contributed by atoms with Crippen molar-refractivity contribution in [3.8, 4) is 0 Å². The maximum atomic E-state index is 12.3. The summed E-state index contributed by atoms with van der Waals surface area (Å²) in [6.45, 7) is 0. The summed E-state index contributed by atoms with van der Waals surface area (Å²) in [4.78, 5) is 16.2. The maximum Gasteiger partial charge on any atom is 0.257 e. The van der Waals surface area contributed by atoms with Gasteiger partial charge in [-0.1, -0.05) is 23.2 Å². The van der Waals surface area contributed by atoms with Crippen LogP contribution in [0.4, 0.5) is 5.69 Å². The Hall–Kier alpha value is -1.28. The van der Waals surface area contributed by atoms with Crippen LogP contribution in [0.15, 0.2) is 29.0 Å². The van der Waals surface area contributed by atoms with E-state index in [-0.39, 0.29) is 5.91 Å². The second kappa shape index (κ2) is 5.84. The highest BCUT2D eigenvalue weighted by Crippen LogP contribution is 2.35. The Morgan fingerprint density at radius 3 is 2.67 bits per heavy atom. The molecule has 2 aromatic heterocycles. The molecule has 0 aliphatic heterocycles. The molecule has 0 saturated carbocycles. The summed E-state index contributed by atoms with van der Waals surface area (Å²) in [7, 11) is 0. The van der Waals surface area contributed by atoms with Crippen LogP contribution in [0.2, 0.25) is 10.0 Å². The molecule has 0 unspecified atom stereocenters. The number of benzene rings is 1. The summed E-state index contributed by atoms with van der Waals surface area (Å²) in [5, 5.41) is 3.42. The number of hydrogen-bond donors (Lipinski definition) is 1. The highest BCUT2D eigenvalue weighted by molar-refractivity contribution is 9.10. The van der Waals surface area contributed by atoms with Crippen molar-refractivity contribution in [3.05, 3.63) is 44.6 Å². The average molecular weight is 404 g/mol. The van der Waals surface area contributed by atoms with Crippen LogP contribution in [0.5, 0.6) is 0 Å². The lowest BCUT2D eigenvalue weighted by molar-refractivity contribution is 0.102. The number of amides is 1. The Morgan fingerprint density at radius 2 is 1.90 bits per heavy atom. The van der Waals surface area contributed by atoms with Crippen molar-refractivity contribution in [2.24, 2.45) is 0 Å². The van der Waals surface area contributed by atoms with Gasteiger partial charge in [-0.05, 0) is 28.1 Å². The van der Waals surface area contributed by atoms with Crippen LogP contribution < -0.4 is 5.32 Å². The fourth-order valence-electron chi connectivity index (χ4n) is 1.71. The Labute approximate surface area is 141 Å². The van der Waals surface area contributed by atoms with Gasteiger partial charge in [-0.25, -0.2) is 0 Å². The third kappa shape index (κ3) is 2.87. The molecule has 1 N–H and O–H groups in total. The predicted molar refractivity (Wildman–Crippen MR) is 87.3 cm³/mol. The van der Waals surface area contributed by atoms with Gasteiger partial charge in [-0.15, -0.1) is 0 Å². The van der Waals surface area contributed by atoms with Crippen molar-refractivity contribution in [1.82, 2.24) is 13.7 Å². The van der Waals surface area contributed by atoms with E-state index in [0.29, 0.717) is 36.8 Å². The molecule has 1 amide bonds. The highest BCUT2D eigenvalue weighted by Gasteiger charge is 2.17. The number of halogens is 3. The smallest absolute Gasteiger partial charge is 0.257 e. The first-order valence-electron chi connectivity index (χ1n) is 5.58. The minimum Gasteiger partial charge on any atom is -0.319 e. The molecule has 106 valence electrons. The van der Waals surface area contributed by atoms with Crippen LogP contribution in [-0.2, 0) is 0 Å². The topological polar surface area (TPSA) is 67.8 Å². The summed E-state index contributed by atoms with van der Waals surface area (Å²) in [6, 6.07) is 3.18. The number of rotatable bonds is 2. The number of hydrogen-bond acceptors (Lipinski definition) is 5. The molecule has 0 aliphatic carbocycles. The van der Waals surface area contributed by atoms with Gasteiger partial charge in [0.1, 0.15) is 11.0 Å². The fourth-order valence-corrected chi connectivity index (χ4v) is 3.24. The molecular weight excluding hydrogens is 399 g/mol. The van der Waals surface area contributed by atoms with Gasteiger partial charge in [0.05, 0.1) is 33.0 Å². The van der Waals surface area contributed by atoms with E-state index in [0.717, 1.165) is 11.7 Å². The molecule has 9 heteroatoms. The Balaban J connectivity index is 2.02. The number of carbonyl (C=O) groups is 1. The average Bonchev–Trinajstić information content (AvgIpc) is 2.93. The van der Waals surface area contributed by atoms with Crippen molar-refractivity contribution in [3.63, 3.8) is 0 Å². The number of pyridine rings is 1. The zero-order valence-electron chi connectivity index (χ0n) is 10.1. The second-order valence-corrected chi connectivity index (χ2v) is 6.28. The van der Waals surface area contributed by atoms with E-state index in [2.05, 4.69) is 35.0 Å². The molecule has 5 nitrogen and oxygen atoms in total. The molecule has 0 bridgehead atoms. The minimum atomic E-state index is -0.345. The first-order valence-corrected chi connectivity index (χ1v) is 7.86. The third-order valence-electron chi connectivity index (χ3n) is 2.65. The minimum absolute atomic E-state index is 0.302. The summed E-state index contributed by atoms with van der Waals surface area (Å²) >= 11 is 16.4. The van der Waals surface area contributed by atoms with Crippen LogP contribution in [0.3, 0.4) is 0 Å². The first-order chi connectivity index (χ1) is 10.1. The van der Waals surface area contributed by atoms with Crippen LogP contribution >= 0.6 is 50.9 Å². The number of nitrogens with zero attached hydrogens (tertiary/aromatic N) is 3. The van der Waals surface area contributed by atoms with E-state index >= 15 is 0 Å². The zero-order chi connectivity index (χ0) is 15.0. The number of nitrogens with one attached hydrogen (secondary N) is 1. The number of fused-ring (bicyclic) bond motifs is 1. The SMILES string of the molecule is O=C(Nc1c(Cl)cc(Cl)c2nsnc12)c1cncc(Br)c1. The van der Waals surface area contributed by atoms with Gasteiger partial charge in [-0.2, -0.15) is 8.75 Å². The van der Waals surface area contributed by atoms with Crippen molar-refractivity contribution in [1.29, 1.82) is 0 Å². The van der Waals surface area contributed by atoms with E-state index in [1.807, 2.05) is 0 Å². The molecule has 0 radical (unpaired) electrons. The van der Waals surface area contributed by atoms with Crippen molar-refractivity contribution >= 4 is 73.5 Å². The lowest BCUT2D eigenvalue weighted by Crippen LogP contribution is -2.13. The largest absolute Gasteiger partial charge is 0.319 e. The van der Waals surface area contributed by atoms with E-state index < -0.39 is 0 Å². The Morgan fingerprint density at radius 1 is 1.14 bits per heavy atom. The van der Waals surface area contributed by atoms with Crippen LogP contribution in [0.25, 0.3) is 11.0 Å². The predicted octanol–water partition coefficient (Wildman–Crippen LogP) is 4.41. The molecule has 2 heterocycles. The summed E-state index contributed by atoms with van der Waals surface area (Å²) in [5.74, 6) is -0.345. The van der Waals surface area contributed by atoms with Gasteiger partial charge in [-0.3, -0.25) is 9.78 Å². The fraction of sp³-hybridized carbons (Fsp3) is 0. The second-order valence-electron chi connectivity index (χ2n) is 4.02. The van der Waals surface area contributed by atoms with Crippen LogP contribution in [0, 0.1) is 0 Å². The van der Waals surface area contributed by atoms with Gasteiger partial charge in [0.2, 0.25) is 0 Å². The molecule has 3 aromatic rings. The lowest BCUT2D eigenvalue weighted by Gasteiger charge is -2.08. The van der Waals surface area contributed by atoms with Crippen molar-refractivity contribution in [2.75, 3.05) is 5.32 Å². The van der Waals surface area contributed by atoms with E-state index in [1.54, 1.807) is 12.3 Å². The van der Waals surface area contributed by atoms with Crippen molar-refractivity contribution in [2.45, 2.75) is 0 Å². The molecule has 3 rings (SSSR count). The van der Waals surface area contributed by atoms with Crippen LogP contribution in [-0.4, -0.2) is 19.6 Å². The number of anilines is 1. The molecule has 0 spiro atoms. The zero-order valence-corrected chi connectivity index (χ0v) is 14.0. The van der Waals surface area contributed by atoms with Gasteiger partial charge in [0.25, 0.3) is 5.91 Å². The standard InChI is InChI=1S/C12H5BrCl2N4OS/c13-6-1-5(3-16-4-6)12(20)17-9-7(14)2-8(15)10-11(9)19-21-18-10/h1-4H,(H,17,20). The third-order valence-corrected chi connectivity index (χ3v) is 4.20. The maximum absolute atomic E-state index is 12.3. The Kier molecular flexibility index (Phi) is 4.08. The van der Waals surface area contributed by atoms with Gasteiger partial charge >= 0.3 is 0 Å². The lowest BCUT2D eigenvalue weighted by atomic mass is 10.2. The number of aromatic nitrogens is 3. The van der Waals surface area contributed by atoms with Gasteiger partial charge in [0.15, 0.2) is 0 Å². The first kappa shape index (κ1) is 14.6. The van der Waals surface area contributed by atoms with E-state index in [4.69, 9.17) is 23.2 Å². The van der Waals surface area contributed by atoms with E-state index in [9.17, 15) is 4.79 Å². The molecular formula is C12H5BrCl2N4OS. The molecule has 1 aromatic carbocycles. The highest BCUT2D eigenvalue weighted by atomic mass is 79.9. The summed E-state index contributed by atoms with van der Waals surface area (Å²) < 4.78 is 8.92. The molecule has 0 fully saturated rings. The molecule has 0 atom stereocenters. The van der Waals surface area contributed by atoms with Gasteiger partial charge < -0.3 is 5.32 Å². The van der Waals surface area contributed by atoms with E-state index in [1.165, 1.54) is 12.3 Å². The number of carbonyl (C=O) groups excluding carboxylic acids is 1. The normalized spacial score (nSPS) is 10.8. The van der Waals surface area contributed by atoms with Gasteiger partial charge in [0, 0.05) is 16.9 Å². The summed E-state index contributed by atoms with van der Waals surface area (Å²) in [5.41, 5.74) is 1.75. The van der Waals surface area contributed by atoms with Crippen LogP contribution in [0.1, 0.15) is 10.4 Å². The Bertz CT molecular complexity index is 854.